The number of benzene rings is 1. The number of sulfonamides is 1. The van der Waals surface area contributed by atoms with E-state index in [0.29, 0.717) is 15.9 Å². The average Bonchev–Trinajstić information content (AvgIpc) is 3.24. The number of H-pyrrole nitrogens is 1. The molecular formula is C15H11ClN6O3S. The number of carbonyl (C=O) groups is 1. The van der Waals surface area contributed by atoms with Crippen LogP contribution in [0, 0.1) is 11.3 Å². The summed E-state index contributed by atoms with van der Waals surface area (Å²) in [6.45, 7) is 3.43. The first kappa shape index (κ1) is 17.5. The van der Waals surface area contributed by atoms with Crippen LogP contribution in [-0.4, -0.2) is 29.1 Å². The van der Waals surface area contributed by atoms with E-state index in [0.717, 1.165) is 17.1 Å². The number of nitriles is 1. The van der Waals surface area contributed by atoms with Crippen LogP contribution in [0.4, 0.5) is 5.69 Å². The molecular weight excluding hydrogens is 380 g/mol. The maximum Gasteiger partial charge on any atom is 0.266 e. The summed E-state index contributed by atoms with van der Waals surface area (Å²) in [6.07, 6.45) is 3.60. The van der Waals surface area contributed by atoms with Crippen LogP contribution >= 0.6 is 11.6 Å². The quantitative estimate of drug-likeness (QED) is 0.566. The molecule has 0 aliphatic heterocycles. The van der Waals surface area contributed by atoms with Crippen LogP contribution in [0.3, 0.4) is 0 Å². The summed E-state index contributed by atoms with van der Waals surface area (Å²) < 4.78 is 28.5. The van der Waals surface area contributed by atoms with Gasteiger partial charge in [0.1, 0.15) is 16.7 Å². The maximum atomic E-state index is 12.6. The second kappa shape index (κ2) is 6.21. The number of hydrogen-bond donors (Lipinski definition) is 3. The van der Waals surface area contributed by atoms with Crippen molar-refractivity contribution in [3.05, 3.63) is 47.9 Å². The summed E-state index contributed by atoms with van der Waals surface area (Å²) in [5.74, 6) is -0.833. The summed E-state index contributed by atoms with van der Waals surface area (Å²) in [5, 5.41) is 13.6. The zero-order valence-corrected chi connectivity index (χ0v) is 14.6. The molecule has 0 aliphatic carbocycles. The fraction of sp³-hybridized carbons (Fsp3) is 0. The normalized spacial score (nSPS) is 11.2. The number of hydrogen-bond acceptors (Lipinski definition) is 5. The Kier molecular flexibility index (Phi) is 4.19. The van der Waals surface area contributed by atoms with E-state index < -0.39 is 15.9 Å². The summed E-state index contributed by atoms with van der Waals surface area (Å²) in [6, 6.07) is 4.93. The maximum absolute atomic E-state index is 12.6. The fourth-order valence-electron chi connectivity index (χ4n) is 2.29. The zero-order chi connectivity index (χ0) is 19.1. The van der Waals surface area contributed by atoms with Gasteiger partial charge >= 0.3 is 0 Å². The summed E-state index contributed by atoms with van der Waals surface area (Å²) in [5.41, 5.74) is 5.77. The minimum absolute atomic E-state index is 0.177. The third kappa shape index (κ3) is 2.90. The highest BCUT2D eigenvalue weighted by Gasteiger charge is 2.21. The van der Waals surface area contributed by atoms with E-state index in [4.69, 9.17) is 22.6 Å². The molecule has 9 nitrogen and oxygen atoms in total. The van der Waals surface area contributed by atoms with E-state index in [9.17, 15) is 13.2 Å². The van der Waals surface area contributed by atoms with E-state index >= 15 is 0 Å². The molecule has 0 unspecified atom stereocenters. The minimum atomic E-state index is -4.03. The Morgan fingerprint density at radius 3 is 2.85 bits per heavy atom. The Balaban J connectivity index is 2.01. The lowest BCUT2D eigenvalue weighted by Gasteiger charge is -2.08. The molecule has 2 heterocycles. The van der Waals surface area contributed by atoms with Crippen molar-refractivity contribution in [3.63, 3.8) is 0 Å². The number of amides is 1. The number of carbonyl (C=O) groups excluding carboxylic acids is 1. The van der Waals surface area contributed by atoms with Crippen LogP contribution < -0.4 is 10.5 Å². The van der Waals surface area contributed by atoms with Gasteiger partial charge in [-0.15, -0.1) is 0 Å². The van der Waals surface area contributed by atoms with Crippen molar-refractivity contribution in [2.24, 2.45) is 5.73 Å². The number of primary amides is 1. The van der Waals surface area contributed by atoms with E-state index in [1.165, 1.54) is 18.3 Å². The molecule has 0 spiro atoms. The Morgan fingerprint density at radius 1 is 1.46 bits per heavy atom. The number of anilines is 1. The van der Waals surface area contributed by atoms with Gasteiger partial charge in [0.25, 0.3) is 15.9 Å². The lowest BCUT2D eigenvalue weighted by Crippen LogP contribution is -2.17. The van der Waals surface area contributed by atoms with Gasteiger partial charge in [0.05, 0.1) is 34.2 Å². The average molecular weight is 391 g/mol. The molecule has 11 heteroatoms. The van der Waals surface area contributed by atoms with Gasteiger partial charge in [-0.2, -0.15) is 10.4 Å². The SMILES string of the molecule is C=C(C(N)=O)n1cc(S(=O)(=O)Nc2ccc(Cl)c3c(C#N)c[nH]c23)cn1. The molecule has 1 amide bonds. The fourth-order valence-corrected chi connectivity index (χ4v) is 3.55. The smallest absolute Gasteiger partial charge is 0.266 e. The van der Waals surface area contributed by atoms with E-state index in [-0.39, 0.29) is 21.8 Å². The van der Waals surface area contributed by atoms with Crippen molar-refractivity contribution in [1.29, 1.82) is 5.26 Å². The monoisotopic (exact) mass is 390 g/mol. The Bertz CT molecular complexity index is 1200. The molecule has 26 heavy (non-hydrogen) atoms. The molecule has 0 atom stereocenters. The van der Waals surface area contributed by atoms with Crippen LogP contribution in [0.25, 0.3) is 16.6 Å². The van der Waals surface area contributed by atoms with Gasteiger partial charge < -0.3 is 10.7 Å². The third-order valence-electron chi connectivity index (χ3n) is 3.58. The Hall–Kier alpha value is -3.29. The molecule has 0 aliphatic rings. The first-order valence-electron chi connectivity index (χ1n) is 7.01. The molecule has 132 valence electrons. The lowest BCUT2D eigenvalue weighted by molar-refractivity contribution is -0.113. The topological polar surface area (TPSA) is 147 Å². The molecule has 0 saturated carbocycles. The van der Waals surface area contributed by atoms with Crippen LogP contribution in [-0.2, 0) is 14.8 Å². The van der Waals surface area contributed by atoms with Crippen LogP contribution in [0.15, 0.2) is 42.2 Å². The molecule has 3 aromatic rings. The highest BCUT2D eigenvalue weighted by molar-refractivity contribution is 7.92. The largest absolute Gasteiger partial charge is 0.364 e. The molecule has 3 rings (SSSR count). The molecule has 0 saturated heterocycles. The predicted octanol–water partition coefficient (Wildman–Crippen LogP) is 1.65. The zero-order valence-electron chi connectivity index (χ0n) is 13.0. The first-order chi connectivity index (χ1) is 12.2. The molecule has 4 N–H and O–H groups in total. The number of nitrogens with two attached hydrogens (primary N) is 1. The number of halogens is 1. The van der Waals surface area contributed by atoms with Gasteiger partial charge in [-0.05, 0) is 12.1 Å². The molecule has 0 fully saturated rings. The van der Waals surface area contributed by atoms with Gasteiger partial charge in [-0.3, -0.25) is 9.52 Å². The Morgan fingerprint density at radius 2 is 2.19 bits per heavy atom. The van der Waals surface area contributed by atoms with Crippen molar-refractivity contribution in [1.82, 2.24) is 14.8 Å². The van der Waals surface area contributed by atoms with Crippen molar-refractivity contribution < 1.29 is 13.2 Å². The summed E-state index contributed by atoms with van der Waals surface area (Å²) >= 11 is 6.10. The van der Waals surface area contributed by atoms with E-state index in [1.54, 1.807) is 0 Å². The molecule has 0 radical (unpaired) electrons. The first-order valence-corrected chi connectivity index (χ1v) is 8.87. The van der Waals surface area contributed by atoms with Crippen LogP contribution in [0.2, 0.25) is 5.02 Å². The van der Waals surface area contributed by atoms with Crippen molar-refractivity contribution in [2.45, 2.75) is 4.90 Å². The summed E-state index contributed by atoms with van der Waals surface area (Å²) in [4.78, 5) is 13.7. The van der Waals surface area contributed by atoms with Crippen LogP contribution in [0.5, 0.6) is 0 Å². The predicted molar refractivity (Wildman–Crippen MR) is 95.6 cm³/mol. The Labute approximate surface area is 152 Å². The van der Waals surface area contributed by atoms with E-state index in [2.05, 4.69) is 21.4 Å². The van der Waals surface area contributed by atoms with E-state index in [1.807, 2.05) is 6.07 Å². The lowest BCUT2D eigenvalue weighted by atomic mass is 10.1. The number of rotatable bonds is 5. The third-order valence-corrected chi connectivity index (χ3v) is 5.21. The minimum Gasteiger partial charge on any atom is -0.364 e. The molecule has 0 bridgehead atoms. The number of fused-ring (bicyclic) bond motifs is 1. The van der Waals surface area contributed by atoms with Gasteiger partial charge in [0.2, 0.25) is 0 Å². The highest BCUT2D eigenvalue weighted by atomic mass is 35.5. The standard InChI is InChI=1S/C15H11ClN6O3S/c1-8(15(18)23)22-7-10(6-20-22)26(24,25)21-12-3-2-11(16)13-9(4-17)5-19-14(12)13/h2-3,5-7,19,21H,1H2,(H2,18,23). The number of aromatic amines is 1. The molecule has 2 aromatic heterocycles. The van der Waals surface area contributed by atoms with Gasteiger partial charge in [-0.25, -0.2) is 13.1 Å². The number of aromatic nitrogens is 3. The van der Waals surface area contributed by atoms with Crippen molar-refractivity contribution in [2.75, 3.05) is 4.72 Å². The van der Waals surface area contributed by atoms with Gasteiger partial charge in [0, 0.05) is 11.6 Å². The second-order valence-electron chi connectivity index (χ2n) is 5.20. The molecule has 1 aromatic carbocycles. The van der Waals surface area contributed by atoms with Gasteiger partial charge in [0.15, 0.2) is 0 Å². The highest BCUT2D eigenvalue weighted by Crippen LogP contribution is 2.32. The number of nitrogens with zero attached hydrogens (tertiary/aromatic N) is 3. The van der Waals surface area contributed by atoms with Crippen LogP contribution in [0.1, 0.15) is 5.56 Å². The van der Waals surface area contributed by atoms with Gasteiger partial charge in [-0.1, -0.05) is 18.2 Å². The van der Waals surface area contributed by atoms with Crippen molar-refractivity contribution >= 4 is 49.8 Å². The van der Waals surface area contributed by atoms with Crippen molar-refractivity contribution in [3.8, 4) is 6.07 Å². The summed E-state index contributed by atoms with van der Waals surface area (Å²) in [7, 11) is -4.03. The number of nitrogens with one attached hydrogen (secondary N) is 2. The second-order valence-corrected chi connectivity index (χ2v) is 7.29.